The number of carbonyl (C=O) groups excluding carboxylic acids is 1. The Morgan fingerprint density at radius 1 is 1.33 bits per heavy atom. The normalized spacial score (nSPS) is 22.7. The molecule has 1 aliphatic heterocycles. The number of para-hydroxylation sites is 2. The Labute approximate surface area is 129 Å². The molecule has 1 aromatic heterocycles. The summed E-state index contributed by atoms with van der Waals surface area (Å²) in [6.07, 6.45) is 1.22. The van der Waals surface area contributed by atoms with Crippen LogP contribution in [0.3, 0.4) is 0 Å². The average molecular weight is 303 g/mol. The van der Waals surface area contributed by atoms with Crippen LogP contribution in [-0.4, -0.2) is 39.6 Å². The molecule has 0 spiro atoms. The molecule has 5 heteroatoms. The lowest BCUT2D eigenvalue weighted by Crippen LogP contribution is -2.43. The zero-order valence-electron chi connectivity index (χ0n) is 12.5. The van der Waals surface area contributed by atoms with E-state index in [-0.39, 0.29) is 5.91 Å². The van der Waals surface area contributed by atoms with Crippen LogP contribution in [0.15, 0.2) is 29.4 Å². The van der Waals surface area contributed by atoms with E-state index in [1.54, 1.807) is 0 Å². The van der Waals surface area contributed by atoms with Crippen LogP contribution in [0.4, 0.5) is 0 Å². The lowest BCUT2D eigenvalue weighted by Gasteiger charge is -2.34. The van der Waals surface area contributed by atoms with Gasteiger partial charge >= 0.3 is 0 Å². The first kappa shape index (κ1) is 14.4. The van der Waals surface area contributed by atoms with Crippen molar-refractivity contribution in [1.29, 1.82) is 0 Å². The molecule has 1 fully saturated rings. The number of H-pyrrole nitrogens is 1. The molecule has 1 aromatic carbocycles. The second-order valence-electron chi connectivity index (χ2n) is 6.09. The lowest BCUT2D eigenvalue weighted by molar-refractivity contribution is -0.130. The van der Waals surface area contributed by atoms with Crippen molar-refractivity contribution in [3.8, 4) is 0 Å². The fourth-order valence-corrected chi connectivity index (χ4v) is 3.87. The van der Waals surface area contributed by atoms with Crippen LogP contribution in [0.25, 0.3) is 11.0 Å². The number of nitrogens with zero attached hydrogens (tertiary/aromatic N) is 2. The van der Waals surface area contributed by atoms with Gasteiger partial charge in [-0.3, -0.25) is 4.79 Å². The van der Waals surface area contributed by atoms with Crippen molar-refractivity contribution < 1.29 is 4.79 Å². The average Bonchev–Trinajstić information content (AvgIpc) is 2.86. The number of hydrogen-bond donors (Lipinski definition) is 1. The Kier molecular flexibility index (Phi) is 4.19. The monoisotopic (exact) mass is 303 g/mol. The molecule has 1 aliphatic rings. The molecule has 3 rings (SSSR count). The molecule has 1 saturated heterocycles. The van der Waals surface area contributed by atoms with Gasteiger partial charge in [-0.1, -0.05) is 37.7 Å². The third-order valence-corrected chi connectivity index (χ3v) is 4.78. The molecular formula is C16H21N3OS. The van der Waals surface area contributed by atoms with E-state index in [9.17, 15) is 4.79 Å². The number of thioether (sulfide) groups is 1. The molecule has 2 aromatic rings. The highest BCUT2D eigenvalue weighted by atomic mass is 32.2. The minimum Gasteiger partial charge on any atom is -0.341 e. The first-order valence-corrected chi connectivity index (χ1v) is 8.45. The number of nitrogens with one attached hydrogen (secondary N) is 1. The van der Waals surface area contributed by atoms with Crippen LogP contribution in [0, 0.1) is 11.8 Å². The number of aromatic nitrogens is 2. The van der Waals surface area contributed by atoms with Gasteiger partial charge in [-0.15, -0.1) is 0 Å². The number of amides is 1. The van der Waals surface area contributed by atoms with Crippen LogP contribution in [-0.2, 0) is 4.79 Å². The van der Waals surface area contributed by atoms with Gasteiger partial charge in [0.05, 0.1) is 16.8 Å². The summed E-state index contributed by atoms with van der Waals surface area (Å²) in [6, 6.07) is 7.93. The minimum atomic E-state index is 0.221. The van der Waals surface area contributed by atoms with E-state index in [1.165, 1.54) is 18.2 Å². The Bertz CT molecular complexity index is 596. The molecule has 1 amide bonds. The molecular weight excluding hydrogens is 282 g/mol. The molecule has 2 unspecified atom stereocenters. The number of rotatable bonds is 3. The molecule has 4 nitrogen and oxygen atoms in total. The standard InChI is InChI=1S/C16H21N3OS/c1-11-7-12(2)9-19(8-11)15(20)10-21-16-17-13-5-3-4-6-14(13)18-16/h3-6,11-12H,7-10H2,1-2H3,(H,17,18). The molecule has 112 valence electrons. The molecule has 2 heterocycles. The van der Waals surface area contributed by atoms with Gasteiger partial charge in [-0.2, -0.15) is 0 Å². The van der Waals surface area contributed by atoms with Crippen LogP contribution >= 0.6 is 11.8 Å². The van der Waals surface area contributed by atoms with Gasteiger partial charge in [0.2, 0.25) is 5.91 Å². The Hall–Kier alpha value is -1.49. The molecule has 0 saturated carbocycles. The number of hydrogen-bond acceptors (Lipinski definition) is 3. The third kappa shape index (κ3) is 3.40. The summed E-state index contributed by atoms with van der Waals surface area (Å²) in [4.78, 5) is 22.1. The van der Waals surface area contributed by atoms with Crippen LogP contribution in [0.2, 0.25) is 0 Å². The van der Waals surface area contributed by atoms with E-state index < -0.39 is 0 Å². The van der Waals surface area contributed by atoms with Gasteiger partial charge in [0.1, 0.15) is 0 Å². The topological polar surface area (TPSA) is 49.0 Å². The van der Waals surface area contributed by atoms with Gasteiger partial charge < -0.3 is 9.88 Å². The number of imidazole rings is 1. The largest absolute Gasteiger partial charge is 0.341 e. The molecule has 21 heavy (non-hydrogen) atoms. The lowest BCUT2D eigenvalue weighted by atomic mass is 9.92. The summed E-state index contributed by atoms with van der Waals surface area (Å²) >= 11 is 1.49. The zero-order chi connectivity index (χ0) is 14.8. The Morgan fingerprint density at radius 2 is 2.05 bits per heavy atom. The van der Waals surface area contributed by atoms with Crippen molar-refractivity contribution in [1.82, 2.24) is 14.9 Å². The SMILES string of the molecule is CC1CC(C)CN(C(=O)CSc2nc3ccccc3[nH]2)C1. The summed E-state index contributed by atoms with van der Waals surface area (Å²) in [5, 5.41) is 0.822. The van der Waals surface area contributed by atoms with Crippen LogP contribution < -0.4 is 0 Å². The summed E-state index contributed by atoms with van der Waals surface area (Å²) in [7, 11) is 0. The maximum Gasteiger partial charge on any atom is 0.233 e. The first-order valence-electron chi connectivity index (χ1n) is 7.47. The number of carbonyl (C=O) groups is 1. The highest BCUT2D eigenvalue weighted by Crippen LogP contribution is 2.23. The maximum absolute atomic E-state index is 12.3. The van der Waals surface area contributed by atoms with Crippen molar-refractivity contribution >= 4 is 28.7 Å². The van der Waals surface area contributed by atoms with E-state index in [0.29, 0.717) is 17.6 Å². The second-order valence-corrected chi connectivity index (χ2v) is 7.06. The van der Waals surface area contributed by atoms with Crippen LogP contribution in [0.5, 0.6) is 0 Å². The van der Waals surface area contributed by atoms with Crippen molar-refractivity contribution in [2.45, 2.75) is 25.4 Å². The number of benzene rings is 1. The van der Waals surface area contributed by atoms with E-state index in [4.69, 9.17) is 0 Å². The maximum atomic E-state index is 12.3. The first-order chi connectivity index (χ1) is 10.1. The van der Waals surface area contributed by atoms with E-state index in [2.05, 4.69) is 23.8 Å². The summed E-state index contributed by atoms with van der Waals surface area (Å²) in [6.45, 7) is 6.23. The highest BCUT2D eigenvalue weighted by Gasteiger charge is 2.25. The summed E-state index contributed by atoms with van der Waals surface area (Å²) in [5.74, 6) is 1.89. The molecule has 0 radical (unpaired) electrons. The van der Waals surface area contributed by atoms with Gasteiger partial charge in [-0.05, 0) is 30.4 Å². The van der Waals surface area contributed by atoms with Crippen LogP contribution in [0.1, 0.15) is 20.3 Å². The molecule has 0 aliphatic carbocycles. The summed E-state index contributed by atoms with van der Waals surface area (Å²) in [5.41, 5.74) is 1.97. The van der Waals surface area contributed by atoms with Gasteiger partial charge in [0.25, 0.3) is 0 Å². The predicted molar refractivity (Wildman–Crippen MR) is 86.3 cm³/mol. The molecule has 2 atom stereocenters. The van der Waals surface area contributed by atoms with Crippen molar-refractivity contribution in [3.05, 3.63) is 24.3 Å². The van der Waals surface area contributed by atoms with Gasteiger partial charge in [0, 0.05) is 13.1 Å². The van der Waals surface area contributed by atoms with E-state index >= 15 is 0 Å². The Morgan fingerprint density at radius 3 is 2.76 bits per heavy atom. The predicted octanol–water partition coefficient (Wildman–Crippen LogP) is 3.16. The quantitative estimate of drug-likeness (QED) is 0.886. The third-order valence-electron chi connectivity index (χ3n) is 3.92. The van der Waals surface area contributed by atoms with Gasteiger partial charge in [0.15, 0.2) is 5.16 Å². The number of aromatic amines is 1. The Balaban J connectivity index is 1.60. The fourth-order valence-electron chi connectivity index (χ4n) is 3.09. The highest BCUT2D eigenvalue weighted by molar-refractivity contribution is 7.99. The van der Waals surface area contributed by atoms with E-state index in [1.807, 2.05) is 29.2 Å². The zero-order valence-corrected chi connectivity index (χ0v) is 13.3. The van der Waals surface area contributed by atoms with Crippen molar-refractivity contribution in [2.75, 3.05) is 18.8 Å². The molecule has 1 N–H and O–H groups in total. The number of fused-ring (bicyclic) bond motifs is 1. The number of piperidine rings is 1. The fraction of sp³-hybridized carbons (Fsp3) is 0.500. The minimum absolute atomic E-state index is 0.221. The van der Waals surface area contributed by atoms with Crippen molar-refractivity contribution in [2.24, 2.45) is 11.8 Å². The van der Waals surface area contributed by atoms with Gasteiger partial charge in [-0.25, -0.2) is 4.98 Å². The number of likely N-dealkylation sites (tertiary alicyclic amines) is 1. The van der Waals surface area contributed by atoms with Crippen molar-refractivity contribution in [3.63, 3.8) is 0 Å². The van der Waals surface area contributed by atoms with E-state index in [0.717, 1.165) is 29.3 Å². The molecule has 0 bridgehead atoms. The summed E-state index contributed by atoms with van der Waals surface area (Å²) < 4.78 is 0. The smallest absolute Gasteiger partial charge is 0.233 e. The second kappa shape index (κ2) is 6.10.